The summed E-state index contributed by atoms with van der Waals surface area (Å²) in [5.74, 6) is 0. The Morgan fingerprint density at radius 3 is 2.45 bits per heavy atom. The molecule has 20 heavy (non-hydrogen) atoms. The summed E-state index contributed by atoms with van der Waals surface area (Å²) in [6.45, 7) is 0.242. The summed E-state index contributed by atoms with van der Waals surface area (Å²) >= 11 is 0. The third-order valence-corrected chi connectivity index (χ3v) is 4.60. The number of hydrogen-bond acceptors (Lipinski definition) is 3. The summed E-state index contributed by atoms with van der Waals surface area (Å²) in [5, 5.41) is 0. The minimum absolute atomic E-state index is 0.242. The Bertz CT molecular complexity index is 752. The number of fused-ring (bicyclic) bond motifs is 1. The number of nitrogens with one attached hydrogen (secondary N) is 1. The van der Waals surface area contributed by atoms with Gasteiger partial charge >= 0.3 is 0 Å². The van der Waals surface area contributed by atoms with E-state index in [0.717, 1.165) is 17.0 Å². The molecule has 0 fully saturated rings. The van der Waals surface area contributed by atoms with Crippen molar-refractivity contribution in [1.29, 1.82) is 0 Å². The normalized spacial score (nSPS) is 13.9. The molecule has 2 aromatic carbocycles. The van der Waals surface area contributed by atoms with Gasteiger partial charge in [-0.3, -0.25) is 4.99 Å². The first-order chi connectivity index (χ1) is 9.65. The number of hydrogen-bond donors (Lipinski definition) is 1. The van der Waals surface area contributed by atoms with Crippen LogP contribution in [0.2, 0.25) is 0 Å². The van der Waals surface area contributed by atoms with Gasteiger partial charge in [-0.05, 0) is 23.8 Å². The highest BCUT2D eigenvalue weighted by Gasteiger charge is 2.17. The molecule has 5 heteroatoms. The quantitative estimate of drug-likeness (QED) is 0.937. The summed E-state index contributed by atoms with van der Waals surface area (Å²) in [6.07, 6.45) is 0.702. The van der Waals surface area contributed by atoms with Crippen LogP contribution < -0.4 is 4.72 Å². The maximum absolute atomic E-state index is 12.1. The second kappa shape index (κ2) is 5.19. The van der Waals surface area contributed by atoms with E-state index < -0.39 is 10.0 Å². The van der Waals surface area contributed by atoms with Crippen LogP contribution in [0.25, 0.3) is 0 Å². The molecule has 0 atom stereocenters. The van der Waals surface area contributed by atoms with Crippen molar-refractivity contribution < 1.29 is 8.42 Å². The van der Waals surface area contributed by atoms with Gasteiger partial charge in [0.1, 0.15) is 0 Å². The average molecular weight is 286 g/mol. The van der Waals surface area contributed by atoms with E-state index in [9.17, 15) is 8.42 Å². The molecule has 2 aromatic rings. The minimum Gasteiger partial charge on any atom is -0.256 e. The van der Waals surface area contributed by atoms with Gasteiger partial charge < -0.3 is 0 Å². The Morgan fingerprint density at radius 1 is 1.00 bits per heavy atom. The summed E-state index contributed by atoms with van der Waals surface area (Å²) in [7, 11) is -3.47. The van der Waals surface area contributed by atoms with Crippen molar-refractivity contribution in [3.8, 4) is 0 Å². The smallest absolute Gasteiger partial charge is 0.240 e. The lowest BCUT2D eigenvalue weighted by Crippen LogP contribution is -2.29. The molecule has 3 rings (SSSR count). The van der Waals surface area contributed by atoms with E-state index in [4.69, 9.17) is 0 Å². The number of para-hydroxylation sites is 1. The molecule has 0 radical (unpaired) electrons. The van der Waals surface area contributed by atoms with E-state index in [1.807, 2.05) is 24.3 Å². The van der Waals surface area contributed by atoms with Crippen LogP contribution in [0.3, 0.4) is 0 Å². The second-order valence-electron chi connectivity index (χ2n) is 4.62. The van der Waals surface area contributed by atoms with Crippen LogP contribution in [-0.4, -0.2) is 20.7 Å². The number of benzene rings is 2. The molecule has 4 nitrogen and oxygen atoms in total. The maximum atomic E-state index is 12.1. The zero-order chi connectivity index (χ0) is 14.0. The third-order valence-electron chi connectivity index (χ3n) is 3.18. The van der Waals surface area contributed by atoms with Crippen LogP contribution in [0.5, 0.6) is 0 Å². The van der Waals surface area contributed by atoms with Crippen LogP contribution in [0.1, 0.15) is 5.56 Å². The van der Waals surface area contributed by atoms with Crippen molar-refractivity contribution in [2.75, 3.05) is 6.54 Å². The van der Waals surface area contributed by atoms with Crippen molar-refractivity contribution in [2.24, 2.45) is 4.99 Å². The van der Waals surface area contributed by atoms with E-state index in [0.29, 0.717) is 6.42 Å². The molecular formula is C15H14N2O2S. The first-order valence-corrected chi connectivity index (χ1v) is 7.82. The van der Waals surface area contributed by atoms with E-state index in [1.165, 1.54) is 0 Å². The van der Waals surface area contributed by atoms with E-state index in [-0.39, 0.29) is 11.4 Å². The molecule has 0 saturated heterocycles. The average Bonchev–Trinajstić information content (AvgIpc) is 2.89. The lowest BCUT2D eigenvalue weighted by molar-refractivity contribution is 0.586. The summed E-state index contributed by atoms with van der Waals surface area (Å²) < 4.78 is 26.8. The first-order valence-electron chi connectivity index (χ1n) is 6.34. The van der Waals surface area contributed by atoms with Crippen LogP contribution in [0.4, 0.5) is 5.69 Å². The monoisotopic (exact) mass is 286 g/mol. The predicted molar refractivity (Wildman–Crippen MR) is 78.9 cm³/mol. The highest BCUT2D eigenvalue weighted by molar-refractivity contribution is 7.89. The maximum Gasteiger partial charge on any atom is 0.240 e. The molecule has 0 aromatic heterocycles. The fourth-order valence-electron chi connectivity index (χ4n) is 2.16. The second-order valence-corrected chi connectivity index (χ2v) is 6.39. The highest BCUT2D eigenvalue weighted by atomic mass is 32.2. The molecule has 0 bridgehead atoms. The Kier molecular flexibility index (Phi) is 3.38. The van der Waals surface area contributed by atoms with Gasteiger partial charge in [-0.25, -0.2) is 13.1 Å². The van der Waals surface area contributed by atoms with Crippen LogP contribution in [0.15, 0.2) is 64.5 Å². The van der Waals surface area contributed by atoms with Crippen molar-refractivity contribution in [1.82, 2.24) is 4.72 Å². The SMILES string of the molecule is O=S(=O)(NCC1=Nc2ccccc2C1)c1ccccc1. The highest BCUT2D eigenvalue weighted by Crippen LogP contribution is 2.25. The van der Waals surface area contributed by atoms with Crippen LogP contribution >= 0.6 is 0 Å². The van der Waals surface area contributed by atoms with Crippen molar-refractivity contribution in [3.05, 3.63) is 60.2 Å². The third kappa shape index (κ3) is 2.64. The Morgan fingerprint density at radius 2 is 1.70 bits per heavy atom. The Labute approximate surface area is 118 Å². The van der Waals surface area contributed by atoms with Crippen LogP contribution in [0, 0.1) is 0 Å². The molecule has 0 spiro atoms. The van der Waals surface area contributed by atoms with Crippen molar-refractivity contribution >= 4 is 21.4 Å². The predicted octanol–water partition coefficient (Wildman–Crippen LogP) is 2.29. The zero-order valence-corrected chi connectivity index (χ0v) is 11.6. The molecular weight excluding hydrogens is 272 g/mol. The van der Waals surface area contributed by atoms with Gasteiger partial charge in [0.15, 0.2) is 0 Å². The molecule has 1 aliphatic rings. The van der Waals surface area contributed by atoms with Crippen molar-refractivity contribution in [3.63, 3.8) is 0 Å². The largest absolute Gasteiger partial charge is 0.256 e. The molecule has 0 saturated carbocycles. The summed E-state index contributed by atoms with van der Waals surface area (Å²) in [4.78, 5) is 4.71. The van der Waals surface area contributed by atoms with Gasteiger partial charge in [-0.1, -0.05) is 36.4 Å². The molecule has 0 aliphatic carbocycles. The summed E-state index contributed by atoms with van der Waals surface area (Å²) in [6, 6.07) is 16.2. The van der Waals surface area contributed by atoms with Gasteiger partial charge in [0.2, 0.25) is 10.0 Å². The van der Waals surface area contributed by atoms with E-state index in [1.54, 1.807) is 30.3 Å². The van der Waals surface area contributed by atoms with E-state index in [2.05, 4.69) is 9.71 Å². The Balaban J connectivity index is 1.70. The number of nitrogens with zero attached hydrogens (tertiary/aromatic N) is 1. The zero-order valence-electron chi connectivity index (χ0n) is 10.8. The molecule has 0 amide bonds. The van der Waals surface area contributed by atoms with Crippen molar-refractivity contribution in [2.45, 2.75) is 11.3 Å². The number of aliphatic imine (C=N–C) groups is 1. The Hall–Kier alpha value is -1.98. The van der Waals surface area contributed by atoms with Crippen LogP contribution in [-0.2, 0) is 16.4 Å². The lowest BCUT2D eigenvalue weighted by Gasteiger charge is -2.06. The lowest BCUT2D eigenvalue weighted by atomic mass is 10.1. The van der Waals surface area contributed by atoms with Gasteiger partial charge in [-0.2, -0.15) is 0 Å². The minimum atomic E-state index is -3.47. The number of rotatable bonds is 4. The first kappa shape index (κ1) is 13.0. The standard InChI is InChI=1S/C15H14N2O2S/c18-20(19,14-7-2-1-3-8-14)16-11-13-10-12-6-4-5-9-15(12)17-13/h1-9,16H,10-11H2. The van der Waals surface area contributed by atoms with Gasteiger partial charge in [0.25, 0.3) is 0 Å². The fourth-order valence-corrected chi connectivity index (χ4v) is 3.20. The fraction of sp³-hybridized carbons (Fsp3) is 0.133. The van der Waals surface area contributed by atoms with E-state index >= 15 is 0 Å². The molecule has 0 unspecified atom stereocenters. The van der Waals surface area contributed by atoms with Gasteiger partial charge in [0, 0.05) is 18.7 Å². The van der Waals surface area contributed by atoms with Gasteiger partial charge in [0.05, 0.1) is 10.6 Å². The summed E-state index contributed by atoms with van der Waals surface area (Å²) in [5.41, 5.74) is 2.91. The topological polar surface area (TPSA) is 58.5 Å². The molecule has 1 N–H and O–H groups in total. The van der Waals surface area contributed by atoms with Gasteiger partial charge in [-0.15, -0.1) is 0 Å². The number of sulfonamides is 1. The molecule has 1 heterocycles. The molecule has 1 aliphatic heterocycles. The molecule has 102 valence electrons.